The Labute approximate surface area is 149 Å². The van der Waals surface area contributed by atoms with Crippen LogP contribution in [0.25, 0.3) is 10.9 Å². The van der Waals surface area contributed by atoms with Crippen LogP contribution in [0.5, 0.6) is 0 Å². The number of hydrogen-bond donors (Lipinski definition) is 0. The first kappa shape index (κ1) is 16.8. The zero-order chi connectivity index (χ0) is 17.3. The monoisotopic (exact) mass is 363 g/mol. The molecule has 3 rings (SSSR count). The summed E-state index contributed by atoms with van der Waals surface area (Å²) in [5, 5.41) is 14.1. The summed E-state index contributed by atoms with van der Waals surface area (Å²) >= 11 is 12.6. The molecule has 6 heteroatoms. The number of halogens is 2. The van der Waals surface area contributed by atoms with Gasteiger partial charge in [0, 0.05) is 25.8 Å². The highest BCUT2D eigenvalue weighted by Gasteiger charge is 2.15. The van der Waals surface area contributed by atoms with E-state index in [0.717, 1.165) is 34.1 Å². The third kappa shape index (κ3) is 3.25. The van der Waals surface area contributed by atoms with Gasteiger partial charge < -0.3 is 5.11 Å². The average molecular weight is 364 g/mol. The molecule has 0 amide bonds. The summed E-state index contributed by atoms with van der Waals surface area (Å²) in [6.07, 6.45) is 0.895. The Kier molecular flexibility index (Phi) is 4.78. The molecule has 0 atom stereocenters. The lowest BCUT2D eigenvalue weighted by Gasteiger charge is -2.08. The van der Waals surface area contributed by atoms with E-state index in [-0.39, 0.29) is 6.42 Å². The molecule has 4 nitrogen and oxygen atoms in total. The molecule has 1 heterocycles. The Balaban J connectivity index is 2.10. The second-order valence-electron chi connectivity index (χ2n) is 5.61. The number of carbonyl (C=O) groups excluding carboxylic acids is 1. The summed E-state index contributed by atoms with van der Waals surface area (Å²) in [6.45, 7) is 2.50. The van der Waals surface area contributed by atoms with Gasteiger partial charge in [-0.05, 0) is 30.2 Å². The van der Waals surface area contributed by atoms with E-state index in [2.05, 4.69) is 12.0 Å². The minimum absolute atomic E-state index is 0.0927. The zero-order valence-electron chi connectivity index (χ0n) is 13.1. The van der Waals surface area contributed by atoms with Gasteiger partial charge in [-0.15, -0.1) is 0 Å². The van der Waals surface area contributed by atoms with Crippen molar-refractivity contribution in [3.05, 3.63) is 63.3 Å². The average Bonchev–Trinajstić information content (AvgIpc) is 2.88. The predicted octanol–water partition coefficient (Wildman–Crippen LogP) is 3.75. The molecular weight excluding hydrogens is 347 g/mol. The van der Waals surface area contributed by atoms with Crippen LogP contribution < -0.4 is 0 Å². The van der Waals surface area contributed by atoms with Crippen LogP contribution in [-0.4, -0.2) is 20.9 Å². The fraction of sp³-hybridized carbons (Fsp3) is 0.222. The van der Waals surface area contributed by atoms with E-state index in [0.29, 0.717) is 16.6 Å². The van der Waals surface area contributed by atoms with Crippen LogP contribution >= 0.6 is 23.2 Å². The predicted molar refractivity (Wildman–Crippen MR) is 97.0 cm³/mol. The molecule has 0 spiro atoms. The number of rotatable bonds is 5. The van der Waals surface area contributed by atoms with Gasteiger partial charge in [0.1, 0.15) is 6.42 Å². The van der Waals surface area contributed by atoms with Crippen LogP contribution in [0, 0.1) is 0 Å². The minimum atomic E-state index is -0.606. The van der Waals surface area contributed by atoms with Gasteiger partial charge in [-0.25, -0.2) is 0 Å². The van der Waals surface area contributed by atoms with E-state index in [1.54, 1.807) is 12.1 Å². The van der Waals surface area contributed by atoms with Crippen LogP contribution in [0.2, 0.25) is 10.0 Å². The molecule has 0 aliphatic carbocycles. The summed E-state index contributed by atoms with van der Waals surface area (Å²) in [5.74, 6) is -0.606. The van der Waals surface area contributed by atoms with E-state index in [1.807, 2.05) is 28.9 Å². The van der Waals surface area contributed by atoms with Crippen molar-refractivity contribution in [2.24, 2.45) is 0 Å². The van der Waals surface area contributed by atoms with Gasteiger partial charge in [0.15, 0.2) is 0 Å². The molecule has 0 radical (unpaired) electrons. The molecular formula is C18H17Cl2N2O2+. The Morgan fingerprint density at radius 2 is 1.92 bits per heavy atom. The maximum atomic E-state index is 11.1. The second-order valence-corrected chi connectivity index (χ2v) is 6.42. The van der Waals surface area contributed by atoms with Crippen molar-refractivity contribution in [3.63, 3.8) is 0 Å². The lowest BCUT2D eigenvalue weighted by molar-refractivity contribution is -0.136. The van der Waals surface area contributed by atoms with Crippen molar-refractivity contribution in [1.29, 1.82) is 0 Å². The topological polar surface area (TPSA) is 57.8 Å². The van der Waals surface area contributed by atoms with Crippen molar-refractivity contribution in [2.45, 2.75) is 26.3 Å². The maximum absolute atomic E-state index is 11.1. The molecule has 124 valence electrons. The lowest BCUT2D eigenvalue weighted by atomic mass is 10.1. The fourth-order valence-electron chi connectivity index (χ4n) is 2.80. The number of carbonyl (C=O) groups is 1. The van der Waals surface area contributed by atoms with Gasteiger partial charge >= 0.3 is 5.97 Å². The van der Waals surface area contributed by atoms with Crippen LogP contribution in [0.4, 0.5) is 0 Å². The van der Waals surface area contributed by atoms with Crippen molar-refractivity contribution in [2.75, 3.05) is 0 Å². The Hall–Kier alpha value is -2.04. The Morgan fingerprint density at radius 3 is 2.54 bits per heavy atom. The second kappa shape index (κ2) is 6.83. The Morgan fingerprint density at radius 1 is 1.21 bits per heavy atom. The summed E-state index contributed by atoms with van der Waals surface area (Å²) in [5.41, 5.74) is 3.52. The molecule has 0 aliphatic heterocycles. The first-order valence-corrected chi connectivity index (χ1v) is 8.40. The molecule has 2 N–H and O–H groups in total. The third-order valence-electron chi connectivity index (χ3n) is 3.96. The quantitative estimate of drug-likeness (QED) is 0.648. The first-order chi connectivity index (χ1) is 11.5. The van der Waals surface area contributed by atoms with Gasteiger partial charge in [0.2, 0.25) is 0 Å². The highest BCUT2D eigenvalue weighted by molar-refractivity contribution is 6.36. The largest absolute Gasteiger partial charge is 0.564 e. The summed E-state index contributed by atoms with van der Waals surface area (Å²) < 4.78 is 1.86. The lowest BCUT2D eigenvalue weighted by Crippen LogP contribution is -2.04. The van der Waals surface area contributed by atoms with Crippen LogP contribution in [-0.2, 0) is 24.2 Å². The number of fused-ring (bicyclic) bond motifs is 1. The van der Waals surface area contributed by atoms with E-state index in [1.165, 1.54) is 0 Å². The molecule has 0 fully saturated rings. The highest BCUT2D eigenvalue weighted by Crippen LogP contribution is 2.28. The van der Waals surface area contributed by atoms with Gasteiger partial charge in [0.05, 0.1) is 17.8 Å². The molecule has 0 aliphatic rings. The fourth-order valence-corrected chi connectivity index (χ4v) is 3.32. The van der Waals surface area contributed by atoms with Crippen molar-refractivity contribution >= 4 is 40.1 Å². The van der Waals surface area contributed by atoms with E-state index in [9.17, 15) is 4.79 Å². The number of nitrogens with zero attached hydrogens (tertiary/aromatic N) is 2. The summed E-state index contributed by atoms with van der Waals surface area (Å²) in [6, 6.07) is 11.2. The molecule has 3 aromatic rings. The van der Waals surface area contributed by atoms with Crippen molar-refractivity contribution in [3.8, 4) is 0 Å². The van der Waals surface area contributed by atoms with E-state index in [4.69, 9.17) is 28.3 Å². The van der Waals surface area contributed by atoms with Crippen LogP contribution in [0.1, 0.15) is 23.7 Å². The molecule has 24 heavy (non-hydrogen) atoms. The molecule has 0 saturated heterocycles. The van der Waals surface area contributed by atoms with Gasteiger partial charge in [-0.3, -0.25) is 4.68 Å². The maximum Gasteiger partial charge on any atom is 0.520 e. The molecule has 0 bridgehead atoms. The van der Waals surface area contributed by atoms with Gasteiger partial charge in [-0.2, -0.15) is 5.10 Å². The number of hydrogen-bond acceptors (Lipinski definition) is 2. The molecule has 2 aromatic carbocycles. The van der Waals surface area contributed by atoms with Crippen molar-refractivity contribution in [1.82, 2.24) is 9.78 Å². The van der Waals surface area contributed by atoms with Gasteiger partial charge in [0.25, 0.3) is 0 Å². The normalized spacial score (nSPS) is 11.1. The van der Waals surface area contributed by atoms with E-state index < -0.39 is 5.97 Å². The number of aryl methyl sites for hydroxylation is 1. The Bertz CT molecular complexity index is 899. The summed E-state index contributed by atoms with van der Waals surface area (Å²) in [4.78, 5) is 11.1. The SMILES string of the molecule is CCc1nn(Cc2c(Cl)cccc2Cl)c2cc(CC(=O)[OH2+])ccc12. The zero-order valence-corrected chi connectivity index (χ0v) is 14.7. The molecule has 0 saturated carbocycles. The molecule has 1 aromatic heterocycles. The van der Waals surface area contributed by atoms with Crippen LogP contribution in [0.3, 0.4) is 0 Å². The third-order valence-corrected chi connectivity index (χ3v) is 4.67. The highest BCUT2D eigenvalue weighted by atomic mass is 35.5. The van der Waals surface area contributed by atoms with Crippen LogP contribution in [0.15, 0.2) is 36.4 Å². The first-order valence-electron chi connectivity index (χ1n) is 7.65. The number of benzene rings is 2. The summed E-state index contributed by atoms with van der Waals surface area (Å²) in [7, 11) is 0. The number of aromatic nitrogens is 2. The molecule has 0 unspecified atom stereocenters. The smallest absolute Gasteiger partial charge is 0.520 e. The minimum Gasteiger partial charge on any atom is -0.564 e. The van der Waals surface area contributed by atoms with Crippen molar-refractivity contribution < 1.29 is 9.90 Å². The standard InChI is InChI=1S/C18H16Cl2N2O2/c1-2-16-12-7-6-11(9-18(23)24)8-17(12)22(21-16)10-13-14(19)4-3-5-15(13)20/h3-8H,2,9-10H2,1H3,(H,23,24)/p+1. The van der Waals surface area contributed by atoms with Gasteiger partial charge in [-0.1, -0.05) is 48.3 Å². The van der Waals surface area contributed by atoms with E-state index >= 15 is 0 Å².